The lowest BCUT2D eigenvalue weighted by Gasteiger charge is -2.15. The minimum absolute atomic E-state index is 0.383. The summed E-state index contributed by atoms with van der Waals surface area (Å²) < 4.78 is 1.04. The van der Waals surface area contributed by atoms with Crippen LogP contribution in [0.3, 0.4) is 0 Å². The van der Waals surface area contributed by atoms with Crippen LogP contribution >= 0.6 is 15.9 Å². The maximum absolute atomic E-state index is 5.16. The van der Waals surface area contributed by atoms with Crippen molar-refractivity contribution in [1.29, 1.82) is 0 Å². The number of halogens is 1. The van der Waals surface area contributed by atoms with Gasteiger partial charge in [0.25, 0.3) is 0 Å². The molecular weight excluding hydrogens is 382 g/mol. The molecule has 0 aliphatic rings. The van der Waals surface area contributed by atoms with E-state index in [1.54, 1.807) is 0 Å². The highest BCUT2D eigenvalue weighted by molar-refractivity contribution is 9.10. The molecule has 0 spiro atoms. The Hall–Kier alpha value is -2.45. The van der Waals surface area contributed by atoms with Crippen molar-refractivity contribution in [3.8, 4) is 0 Å². The van der Waals surface area contributed by atoms with Gasteiger partial charge in [0.2, 0.25) is 0 Å². The van der Waals surface area contributed by atoms with Crippen molar-refractivity contribution in [2.75, 3.05) is 0 Å². The van der Waals surface area contributed by atoms with Crippen LogP contribution < -0.4 is 0 Å². The molecule has 0 atom stereocenters. The zero-order valence-corrected chi connectivity index (χ0v) is 16.7. The smallest absolute Gasteiger partial charge is 0.0782 e. The van der Waals surface area contributed by atoms with Crippen LogP contribution in [0.1, 0.15) is 42.0 Å². The van der Waals surface area contributed by atoms with Crippen molar-refractivity contribution in [3.05, 3.63) is 106 Å². The Balaban J connectivity index is 2.28. The lowest BCUT2D eigenvalue weighted by atomic mass is 9.96. The molecule has 0 radical (unpaired) electrons. The average molecular weight is 404 g/mol. The Morgan fingerprint density at radius 3 is 2.27 bits per heavy atom. The van der Waals surface area contributed by atoms with Crippen LogP contribution in [0.2, 0.25) is 0 Å². The normalized spacial score (nSPS) is 11.6. The van der Waals surface area contributed by atoms with Crippen LogP contribution in [0.25, 0.3) is 6.08 Å². The van der Waals surface area contributed by atoms with Gasteiger partial charge in [0, 0.05) is 15.6 Å². The average Bonchev–Trinajstić information content (AvgIpc) is 2.66. The third-order valence-electron chi connectivity index (χ3n) is 4.31. The number of para-hydroxylation sites is 1. The SMILES string of the molecule is C=Cc1cccc(C(C)C)c1/N=C(\c1ccccc1)c1cccc(Br)c1. The van der Waals surface area contributed by atoms with E-state index in [4.69, 9.17) is 4.99 Å². The number of hydrogen-bond acceptors (Lipinski definition) is 1. The molecule has 0 heterocycles. The summed E-state index contributed by atoms with van der Waals surface area (Å²) in [5.41, 5.74) is 6.42. The van der Waals surface area contributed by atoms with Crippen LogP contribution in [0.15, 0.2) is 88.8 Å². The van der Waals surface area contributed by atoms with Gasteiger partial charge in [0.05, 0.1) is 11.4 Å². The molecule has 3 aromatic rings. The molecule has 0 unspecified atom stereocenters. The molecule has 0 fully saturated rings. The fourth-order valence-electron chi connectivity index (χ4n) is 2.98. The Morgan fingerprint density at radius 2 is 1.62 bits per heavy atom. The van der Waals surface area contributed by atoms with Gasteiger partial charge in [-0.3, -0.25) is 0 Å². The Kier molecular flexibility index (Phi) is 5.85. The summed E-state index contributed by atoms with van der Waals surface area (Å²) >= 11 is 3.58. The van der Waals surface area contributed by atoms with Crippen molar-refractivity contribution in [2.24, 2.45) is 4.99 Å². The molecule has 0 saturated carbocycles. The van der Waals surface area contributed by atoms with E-state index in [0.29, 0.717) is 5.92 Å². The number of rotatable bonds is 5. The summed E-state index contributed by atoms with van der Waals surface area (Å²) in [5, 5.41) is 0. The van der Waals surface area contributed by atoms with E-state index in [2.05, 4.69) is 78.8 Å². The molecule has 3 rings (SSSR count). The first kappa shape index (κ1) is 18.3. The van der Waals surface area contributed by atoms with Crippen molar-refractivity contribution in [1.82, 2.24) is 0 Å². The summed E-state index contributed by atoms with van der Waals surface area (Å²) in [7, 11) is 0. The molecule has 0 bridgehead atoms. The Morgan fingerprint density at radius 1 is 0.923 bits per heavy atom. The Bertz CT molecular complexity index is 939. The van der Waals surface area contributed by atoms with Crippen LogP contribution in [-0.4, -0.2) is 5.71 Å². The molecule has 3 aromatic carbocycles. The molecule has 0 aliphatic carbocycles. The lowest BCUT2D eigenvalue weighted by Crippen LogP contribution is -2.04. The second-order valence-corrected chi connectivity index (χ2v) is 7.40. The zero-order chi connectivity index (χ0) is 18.5. The topological polar surface area (TPSA) is 12.4 Å². The monoisotopic (exact) mass is 403 g/mol. The van der Waals surface area contributed by atoms with E-state index in [-0.39, 0.29) is 0 Å². The second kappa shape index (κ2) is 8.29. The van der Waals surface area contributed by atoms with Gasteiger partial charge in [-0.1, -0.05) is 103 Å². The molecule has 1 nitrogen and oxygen atoms in total. The van der Waals surface area contributed by atoms with Crippen LogP contribution in [0.4, 0.5) is 5.69 Å². The summed E-state index contributed by atoms with van der Waals surface area (Å²) in [5.74, 6) is 0.383. The molecular formula is C24H22BrN. The van der Waals surface area contributed by atoms with Crippen molar-refractivity contribution < 1.29 is 0 Å². The number of benzene rings is 3. The third kappa shape index (κ3) is 4.03. The van der Waals surface area contributed by atoms with Crippen LogP contribution in [0, 0.1) is 0 Å². The van der Waals surface area contributed by atoms with Crippen molar-refractivity contribution in [2.45, 2.75) is 19.8 Å². The lowest BCUT2D eigenvalue weighted by molar-refractivity contribution is 0.866. The van der Waals surface area contributed by atoms with E-state index in [1.165, 1.54) is 5.56 Å². The number of nitrogens with zero attached hydrogens (tertiary/aromatic N) is 1. The van der Waals surface area contributed by atoms with Crippen molar-refractivity contribution in [3.63, 3.8) is 0 Å². The van der Waals surface area contributed by atoms with Crippen LogP contribution in [-0.2, 0) is 0 Å². The first-order valence-corrected chi connectivity index (χ1v) is 9.55. The minimum Gasteiger partial charge on any atom is -0.247 e. The summed E-state index contributed by atoms with van der Waals surface area (Å²) in [6.07, 6.45) is 1.88. The Labute approximate surface area is 164 Å². The first-order valence-electron chi connectivity index (χ1n) is 8.75. The quantitative estimate of drug-likeness (QED) is 0.393. The predicted molar refractivity (Wildman–Crippen MR) is 117 cm³/mol. The van der Waals surface area contributed by atoms with Gasteiger partial charge in [-0.2, -0.15) is 0 Å². The maximum atomic E-state index is 5.16. The van der Waals surface area contributed by atoms with Gasteiger partial charge in [-0.25, -0.2) is 4.99 Å². The highest BCUT2D eigenvalue weighted by atomic mass is 79.9. The number of hydrogen-bond donors (Lipinski definition) is 0. The molecule has 0 saturated heterocycles. The molecule has 0 aromatic heterocycles. The van der Waals surface area contributed by atoms with E-state index in [1.807, 2.05) is 36.4 Å². The van der Waals surface area contributed by atoms with Gasteiger partial charge in [-0.05, 0) is 29.2 Å². The third-order valence-corrected chi connectivity index (χ3v) is 4.80. The molecule has 130 valence electrons. The first-order chi connectivity index (χ1) is 12.6. The van der Waals surface area contributed by atoms with E-state index >= 15 is 0 Å². The van der Waals surface area contributed by atoms with Gasteiger partial charge < -0.3 is 0 Å². The predicted octanol–water partition coefficient (Wildman–Crippen LogP) is 7.38. The zero-order valence-electron chi connectivity index (χ0n) is 15.1. The maximum Gasteiger partial charge on any atom is 0.0782 e. The van der Waals surface area contributed by atoms with Gasteiger partial charge in [-0.15, -0.1) is 0 Å². The highest BCUT2D eigenvalue weighted by Gasteiger charge is 2.13. The minimum atomic E-state index is 0.383. The number of aliphatic imine (C=N–C) groups is 1. The summed E-state index contributed by atoms with van der Waals surface area (Å²) in [6, 6.07) is 24.9. The van der Waals surface area contributed by atoms with Gasteiger partial charge >= 0.3 is 0 Å². The van der Waals surface area contributed by atoms with Gasteiger partial charge in [0.1, 0.15) is 0 Å². The van der Waals surface area contributed by atoms with Gasteiger partial charge in [0.15, 0.2) is 0 Å². The molecule has 26 heavy (non-hydrogen) atoms. The van der Waals surface area contributed by atoms with Crippen molar-refractivity contribution >= 4 is 33.4 Å². The molecule has 0 N–H and O–H groups in total. The molecule has 2 heteroatoms. The summed E-state index contributed by atoms with van der Waals surface area (Å²) in [6.45, 7) is 8.38. The summed E-state index contributed by atoms with van der Waals surface area (Å²) in [4.78, 5) is 5.16. The largest absolute Gasteiger partial charge is 0.247 e. The standard InChI is InChI=1S/C24H22BrN/c1-4-18-12-9-15-22(17(2)3)24(18)26-23(19-10-6-5-7-11-19)20-13-8-14-21(25)16-20/h4-17H,1H2,2-3H3/b26-23+. The van der Waals surface area contributed by atoms with Crippen LogP contribution in [0.5, 0.6) is 0 Å². The highest BCUT2D eigenvalue weighted by Crippen LogP contribution is 2.33. The second-order valence-electron chi connectivity index (χ2n) is 6.48. The fraction of sp³-hybridized carbons (Fsp3) is 0.125. The van der Waals surface area contributed by atoms with E-state index < -0.39 is 0 Å². The fourth-order valence-corrected chi connectivity index (χ4v) is 3.38. The molecule has 0 amide bonds. The molecule has 0 aliphatic heterocycles. The van der Waals surface area contributed by atoms with E-state index in [0.717, 1.165) is 32.6 Å². The van der Waals surface area contributed by atoms with E-state index in [9.17, 15) is 0 Å².